The summed E-state index contributed by atoms with van der Waals surface area (Å²) in [5.41, 5.74) is 0.704. The second kappa shape index (κ2) is 9.20. The first-order valence-corrected chi connectivity index (χ1v) is 9.42. The van der Waals surface area contributed by atoms with Gasteiger partial charge >= 0.3 is 0 Å². The number of nitrogens with one attached hydrogen (secondary N) is 3. The van der Waals surface area contributed by atoms with Crippen LogP contribution in [0.2, 0.25) is 5.02 Å². The lowest BCUT2D eigenvalue weighted by molar-refractivity contribution is -0.885. The summed E-state index contributed by atoms with van der Waals surface area (Å²) in [6.07, 6.45) is 4.65. The van der Waals surface area contributed by atoms with Crippen LogP contribution in [0.4, 0.5) is 5.69 Å². The number of anilines is 1. The highest BCUT2D eigenvalue weighted by molar-refractivity contribution is 6.30. The Morgan fingerprint density at radius 1 is 1.24 bits per heavy atom. The topological polar surface area (TPSA) is 62.6 Å². The van der Waals surface area contributed by atoms with Crippen molar-refractivity contribution in [1.82, 2.24) is 5.32 Å². The first kappa shape index (κ1) is 19.7. The van der Waals surface area contributed by atoms with E-state index < -0.39 is 0 Å². The van der Waals surface area contributed by atoms with E-state index >= 15 is 0 Å². The van der Waals surface area contributed by atoms with E-state index in [0.717, 1.165) is 11.3 Å². The monoisotopic (exact) mass is 366 g/mol. The van der Waals surface area contributed by atoms with E-state index in [1.54, 1.807) is 24.3 Å². The van der Waals surface area contributed by atoms with Crippen molar-refractivity contribution in [3.63, 3.8) is 0 Å². The molecule has 0 saturated heterocycles. The molecule has 25 heavy (non-hydrogen) atoms. The molecule has 1 aromatic rings. The molecule has 3 N–H and O–H groups in total. The van der Waals surface area contributed by atoms with Gasteiger partial charge in [0.05, 0.1) is 7.05 Å². The van der Waals surface area contributed by atoms with Crippen molar-refractivity contribution in [1.29, 1.82) is 0 Å². The van der Waals surface area contributed by atoms with Gasteiger partial charge in [-0.1, -0.05) is 31.4 Å². The van der Waals surface area contributed by atoms with Crippen LogP contribution in [0.1, 0.15) is 39.5 Å². The van der Waals surface area contributed by atoms with Gasteiger partial charge in [-0.3, -0.25) is 9.59 Å². The summed E-state index contributed by atoms with van der Waals surface area (Å²) in [5.74, 6) is 0.430. The quantitative estimate of drug-likeness (QED) is 0.719. The first-order valence-electron chi connectivity index (χ1n) is 9.05. The second-order valence-corrected chi connectivity index (χ2v) is 7.61. The van der Waals surface area contributed by atoms with Gasteiger partial charge in [-0.05, 0) is 49.9 Å². The van der Waals surface area contributed by atoms with Crippen molar-refractivity contribution >= 4 is 29.1 Å². The number of benzene rings is 1. The predicted octanol–water partition coefficient (Wildman–Crippen LogP) is 1.88. The molecular weight excluding hydrogens is 338 g/mol. The van der Waals surface area contributed by atoms with Crippen LogP contribution in [-0.4, -0.2) is 37.5 Å². The van der Waals surface area contributed by atoms with Crippen molar-refractivity contribution in [2.24, 2.45) is 5.92 Å². The fourth-order valence-electron chi connectivity index (χ4n) is 3.21. The molecule has 5 nitrogen and oxygen atoms in total. The molecule has 4 atom stereocenters. The molecule has 138 valence electrons. The molecule has 2 amide bonds. The Balaban J connectivity index is 1.81. The lowest BCUT2D eigenvalue weighted by atomic mass is 9.86. The fourth-order valence-corrected chi connectivity index (χ4v) is 3.33. The lowest BCUT2D eigenvalue weighted by Crippen LogP contribution is -3.15. The van der Waals surface area contributed by atoms with Crippen molar-refractivity contribution in [3.05, 3.63) is 29.3 Å². The molecule has 2 rings (SSSR count). The number of likely N-dealkylation sites (N-methyl/N-ethyl adjacent to an activating group) is 1. The van der Waals surface area contributed by atoms with Crippen LogP contribution < -0.4 is 15.5 Å². The van der Waals surface area contributed by atoms with Gasteiger partial charge in [0.1, 0.15) is 0 Å². The molecule has 1 unspecified atom stereocenters. The van der Waals surface area contributed by atoms with Gasteiger partial charge in [0.25, 0.3) is 11.8 Å². The van der Waals surface area contributed by atoms with Gasteiger partial charge in [0, 0.05) is 16.8 Å². The Morgan fingerprint density at radius 3 is 2.52 bits per heavy atom. The highest BCUT2D eigenvalue weighted by Gasteiger charge is 2.29. The highest BCUT2D eigenvalue weighted by atomic mass is 35.5. The van der Waals surface area contributed by atoms with E-state index in [-0.39, 0.29) is 30.4 Å². The van der Waals surface area contributed by atoms with Crippen LogP contribution in [0.15, 0.2) is 24.3 Å². The van der Waals surface area contributed by atoms with E-state index in [1.165, 1.54) is 19.3 Å². The maximum atomic E-state index is 12.5. The van der Waals surface area contributed by atoms with Gasteiger partial charge < -0.3 is 15.5 Å². The Hall–Kier alpha value is -1.59. The van der Waals surface area contributed by atoms with E-state index in [1.807, 2.05) is 14.0 Å². The zero-order chi connectivity index (χ0) is 18.4. The molecule has 0 aromatic heterocycles. The SMILES string of the molecule is C[C@H](C(=O)N[C@H]1CCCC[C@@H]1C)[NH+](C)CC(=O)Nc1ccc(Cl)cc1. The van der Waals surface area contributed by atoms with Crippen LogP contribution in [0.3, 0.4) is 0 Å². The van der Waals surface area contributed by atoms with E-state index in [2.05, 4.69) is 17.6 Å². The minimum Gasteiger partial charge on any atom is -0.348 e. The maximum absolute atomic E-state index is 12.5. The summed E-state index contributed by atoms with van der Waals surface area (Å²) >= 11 is 5.84. The molecule has 0 spiro atoms. The van der Waals surface area contributed by atoms with E-state index in [9.17, 15) is 9.59 Å². The lowest BCUT2D eigenvalue weighted by Gasteiger charge is -2.31. The summed E-state index contributed by atoms with van der Waals surface area (Å²) in [5, 5.41) is 6.63. The fraction of sp³-hybridized carbons (Fsp3) is 0.579. The molecule has 1 aromatic carbocycles. The van der Waals surface area contributed by atoms with E-state index in [0.29, 0.717) is 16.6 Å². The Kier molecular flexibility index (Phi) is 7.26. The summed E-state index contributed by atoms with van der Waals surface area (Å²) in [4.78, 5) is 25.5. The van der Waals surface area contributed by atoms with Gasteiger partial charge in [0.15, 0.2) is 12.6 Å². The number of carbonyl (C=O) groups is 2. The average Bonchev–Trinajstić information content (AvgIpc) is 2.58. The molecular formula is C19H29ClN3O2+. The summed E-state index contributed by atoms with van der Waals surface area (Å²) in [6, 6.07) is 6.97. The Bertz CT molecular complexity index is 591. The van der Waals surface area contributed by atoms with Gasteiger partial charge in [-0.2, -0.15) is 0 Å². The minimum atomic E-state index is -0.273. The molecule has 0 heterocycles. The van der Waals surface area contributed by atoms with Crippen molar-refractivity contribution in [3.8, 4) is 0 Å². The molecule has 1 aliphatic carbocycles. The van der Waals surface area contributed by atoms with Crippen molar-refractivity contribution in [2.75, 3.05) is 18.9 Å². The predicted molar refractivity (Wildman–Crippen MR) is 101 cm³/mol. The third kappa shape index (κ3) is 6.01. The van der Waals surface area contributed by atoms with Crippen LogP contribution in [0, 0.1) is 5.92 Å². The van der Waals surface area contributed by atoms with Gasteiger partial charge in [-0.15, -0.1) is 0 Å². The molecule has 0 aliphatic heterocycles. The van der Waals surface area contributed by atoms with E-state index in [4.69, 9.17) is 11.6 Å². The third-order valence-corrected chi connectivity index (χ3v) is 5.39. The number of hydrogen-bond acceptors (Lipinski definition) is 2. The number of carbonyl (C=O) groups excluding carboxylic acids is 2. The normalized spacial score (nSPS) is 22.7. The summed E-state index contributed by atoms with van der Waals surface area (Å²) < 4.78 is 0. The maximum Gasteiger partial charge on any atom is 0.279 e. The molecule has 0 radical (unpaired) electrons. The van der Waals surface area contributed by atoms with Gasteiger partial charge in [0.2, 0.25) is 0 Å². The number of rotatable bonds is 6. The van der Waals surface area contributed by atoms with Crippen LogP contribution in [0.5, 0.6) is 0 Å². The standard InChI is InChI=1S/C19H28ClN3O2/c1-13-6-4-5-7-17(13)22-19(25)14(2)23(3)12-18(24)21-16-10-8-15(20)9-11-16/h8-11,13-14,17H,4-7,12H2,1-3H3,(H,21,24)(H,22,25)/p+1/t13-,14+,17-/m0/s1. The Labute approximate surface area is 155 Å². The van der Waals surface area contributed by atoms with Crippen molar-refractivity contribution in [2.45, 2.75) is 51.6 Å². The second-order valence-electron chi connectivity index (χ2n) is 7.18. The third-order valence-electron chi connectivity index (χ3n) is 5.14. The molecule has 1 saturated carbocycles. The largest absolute Gasteiger partial charge is 0.348 e. The van der Waals surface area contributed by atoms with Crippen LogP contribution >= 0.6 is 11.6 Å². The molecule has 1 aliphatic rings. The van der Waals surface area contributed by atoms with Crippen LogP contribution in [-0.2, 0) is 9.59 Å². The minimum absolute atomic E-state index is 0.0237. The van der Waals surface area contributed by atoms with Crippen molar-refractivity contribution < 1.29 is 14.5 Å². The zero-order valence-corrected chi connectivity index (χ0v) is 16.0. The summed E-state index contributed by atoms with van der Waals surface area (Å²) in [6.45, 7) is 4.30. The summed E-state index contributed by atoms with van der Waals surface area (Å²) in [7, 11) is 1.87. The Morgan fingerprint density at radius 2 is 1.88 bits per heavy atom. The zero-order valence-electron chi connectivity index (χ0n) is 15.3. The number of halogens is 1. The highest BCUT2D eigenvalue weighted by Crippen LogP contribution is 2.23. The van der Waals surface area contributed by atoms with Crippen LogP contribution in [0.25, 0.3) is 0 Å². The smallest absolute Gasteiger partial charge is 0.279 e. The number of amides is 2. The van der Waals surface area contributed by atoms with Gasteiger partial charge in [-0.25, -0.2) is 0 Å². The number of quaternary nitrogens is 1. The number of hydrogen-bond donors (Lipinski definition) is 3. The molecule has 0 bridgehead atoms. The molecule has 1 fully saturated rings. The first-order chi connectivity index (χ1) is 11.9. The average molecular weight is 367 g/mol. The molecule has 6 heteroatoms.